The summed E-state index contributed by atoms with van der Waals surface area (Å²) >= 11 is 0. The average Bonchev–Trinajstić information content (AvgIpc) is 3.52. The Balaban J connectivity index is 1.48. The highest BCUT2D eigenvalue weighted by Crippen LogP contribution is 2.29. The number of nitrogens with zero attached hydrogens (tertiary/aromatic N) is 5. The van der Waals surface area contributed by atoms with Crippen LogP contribution in [0.4, 0.5) is 0 Å². The van der Waals surface area contributed by atoms with Gasteiger partial charge in [0.1, 0.15) is 24.3 Å². The maximum absolute atomic E-state index is 13.3. The third-order valence-electron chi connectivity index (χ3n) is 6.00. The van der Waals surface area contributed by atoms with Gasteiger partial charge in [-0.05, 0) is 49.8 Å². The number of benzene rings is 1. The number of hydrogen-bond acceptors (Lipinski definition) is 8. The van der Waals surface area contributed by atoms with Crippen LogP contribution in [0, 0.1) is 5.92 Å². The standard InChI is InChI=1S/C23H27N5O6/c1-33-20-5-4-16(11-17(20)22(30)27-8-6-15(7-9-27)3-2-10-29)18-12-28(26-25-18)13-21-24-19(14-34-21)23(31)32/h4-5,11-12,14-15,29H,2-3,6-10,13H2,1H3,(H,31,32). The molecule has 0 radical (unpaired) electrons. The van der Waals surface area contributed by atoms with Gasteiger partial charge < -0.3 is 24.3 Å². The van der Waals surface area contributed by atoms with Gasteiger partial charge in [0.25, 0.3) is 5.91 Å². The van der Waals surface area contributed by atoms with Crippen molar-refractivity contribution in [3.63, 3.8) is 0 Å². The molecule has 1 aliphatic heterocycles. The second-order valence-corrected chi connectivity index (χ2v) is 8.25. The van der Waals surface area contributed by atoms with Gasteiger partial charge in [-0.2, -0.15) is 0 Å². The van der Waals surface area contributed by atoms with E-state index in [2.05, 4.69) is 15.3 Å². The fraction of sp³-hybridized carbons (Fsp3) is 0.435. The third-order valence-corrected chi connectivity index (χ3v) is 6.00. The molecule has 1 fully saturated rings. The summed E-state index contributed by atoms with van der Waals surface area (Å²) in [6.45, 7) is 1.67. The lowest BCUT2D eigenvalue weighted by molar-refractivity contribution is 0.0674. The van der Waals surface area contributed by atoms with Crippen molar-refractivity contribution < 1.29 is 29.0 Å². The first-order chi connectivity index (χ1) is 16.5. The zero-order valence-electron chi connectivity index (χ0n) is 18.9. The van der Waals surface area contributed by atoms with Gasteiger partial charge in [0.15, 0.2) is 5.69 Å². The minimum Gasteiger partial charge on any atom is -0.496 e. The van der Waals surface area contributed by atoms with E-state index in [9.17, 15) is 9.59 Å². The Bertz CT molecular complexity index is 1150. The number of carboxylic acid groups (broad SMARTS) is 1. The number of amides is 1. The number of ether oxygens (including phenoxy) is 1. The summed E-state index contributed by atoms with van der Waals surface area (Å²) in [5.41, 5.74) is 1.53. The molecule has 1 aliphatic rings. The van der Waals surface area contributed by atoms with E-state index in [1.165, 1.54) is 11.8 Å². The molecule has 0 atom stereocenters. The van der Waals surface area contributed by atoms with Gasteiger partial charge in [-0.25, -0.2) is 14.5 Å². The van der Waals surface area contributed by atoms with Gasteiger partial charge in [0.2, 0.25) is 5.89 Å². The van der Waals surface area contributed by atoms with E-state index in [4.69, 9.17) is 19.4 Å². The number of aromatic nitrogens is 4. The largest absolute Gasteiger partial charge is 0.496 e. The molecule has 180 valence electrons. The molecular weight excluding hydrogens is 442 g/mol. The van der Waals surface area contributed by atoms with Crippen molar-refractivity contribution in [1.29, 1.82) is 0 Å². The van der Waals surface area contributed by atoms with Gasteiger partial charge in [0.05, 0.1) is 18.9 Å². The van der Waals surface area contributed by atoms with Crippen molar-refractivity contribution >= 4 is 11.9 Å². The second kappa shape index (κ2) is 10.5. The number of carboxylic acids is 1. The summed E-state index contributed by atoms with van der Waals surface area (Å²) < 4.78 is 12.1. The van der Waals surface area contributed by atoms with Gasteiger partial charge in [-0.15, -0.1) is 5.10 Å². The van der Waals surface area contributed by atoms with Gasteiger partial charge in [-0.3, -0.25) is 4.79 Å². The van der Waals surface area contributed by atoms with Gasteiger partial charge in [-0.1, -0.05) is 5.21 Å². The first-order valence-electron chi connectivity index (χ1n) is 11.1. The van der Waals surface area contributed by atoms with E-state index in [0.717, 1.165) is 31.9 Å². The summed E-state index contributed by atoms with van der Waals surface area (Å²) in [5, 5.41) is 26.2. The number of likely N-dealkylation sites (tertiary alicyclic amines) is 1. The Kier molecular flexibility index (Phi) is 7.21. The summed E-state index contributed by atoms with van der Waals surface area (Å²) in [5.74, 6) is -0.0344. The van der Waals surface area contributed by atoms with Crippen LogP contribution in [0.3, 0.4) is 0 Å². The van der Waals surface area contributed by atoms with Crippen LogP contribution in [0.25, 0.3) is 11.3 Å². The van der Waals surface area contributed by atoms with E-state index in [1.54, 1.807) is 24.4 Å². The first-order valence-corrected chi connectivity index (χ1v) is 11.1. The van der Waals surface area contributed by atoms with Gasteiger partial charge >= 0.3 is 5.97 Å². The van der Waals surface area contributed by atoms with Crippen molar-refractivity contribution in [2.75, 3.05) is 26.8 Å². The molecule has 4 rings (SSSR count). The number of methoxy groups -OCH3 is 1. The highest BCUT2D eigenvalue weighted by Gasteiger charge is 2.26. The molecular formula is C23H27N5O6. The molecule has 1 aromatic carbocycles. The monoisotopic (exact) mass is 469 g/mol. The zero-order chi connectivity index (χ0) is 24.1. The predicted molar refractivity (Wildman–Crippen MR) is 120 cm³/mol. The fourth-order valence-corrected chi connectivity index (χ4v) is 4.14. The second-order valence-electron chi connectivity index (χ2n) is 8.25. The van der Waals surface area contributed by atoms with Crippen molar-refractivity contribution in [1.82, 2.24) is 24.9 Å². The molecule has 0 unspecified atom stereocenters. The molecule has 11 heteroatoms. The van der Waals surface area contributed by atoms with Crippen molar-refractivity contribution in [2.45, 2.75) is 32.2 Å². The van der Waals surface area contributed by atoms with Crippen LogP contribution >= 0.6 is 0 Å². The van der Waals surface area contributed by atoms with E-state index in [0.29, 0.717) is 41.6 Å². The Labute approximate surface area is 196 Å². The number of carbonyl (C=O) groups excluding carboxylic acids is 1. The fourth-order valence-electron chi connectivity index (χ4n) is 4.14. The van der Waals surface area contributed by atoms with Crippen molar-refractivity contribution in [3.8, 4) is 17.0 Å². The zero-order valence-corrected chi connectivity index (χ0v) is 18.9. The highest BCUT2D eigenvalue weighted by atomic mass is 16.5. The number of hydrogen-bond donors (Lipinski definition) is 2. The predicted octanol–water partition coefficient (Wildman–Crippen LogP) is 2.31. The van der Waals surface area contributed by atoms with Crippen LogP contribution in [0.15, 0.2) is 35.1 Å². The lowest BCUT2D eigenvalue weighted by atomic mass is 9.92. The molecule has 2 N–H and O–H groups in total. The normalized spacial score (nSPS) is 14.4. The quantitative estimate of drug-likeness (QED) is 0.482. The molecule has 1 saturated heterocycles. The number of aliphatic hydroxyl groups is 1. The molecule has 11 nitrogen and oxygen atoms in total. The molecule has 3 aromatic rings. The van der Waals surface area contributed by atoms with Crippen molar-refractivity contribution in [2.24, 2.45) is 5.92 Å². The smallest absolute Gasteiger partial charge is 0.357 e. The summed E-state index contributed by atoms with van der Waals surface area (Å²) in [6, 6.07) is 5.29. The number of aromatic carboxylic acids is 1. The molecule has 0 spiro atoms. The van der Waals surface area contributed by atoms with Crippen molar-refractivity contribution in [3.05, 3.63) is 47.8 Å². The van der Waals surface area contributed by atoms with Crippen LogP contribution in [-0.2, 0) is 6.54 Å². The number of carbonyl (C=O) groups is 2. The topological polar surface area (TPSA) is 144 Å². The van der Waals surface area contributed by atoms with Gasteiger partial charge in [0, 0.05) is 25.3 Å². The Hall–Kier alpha value is -3.73. The SMILES string of the molecule is COc1ccc(-c2cn(Cc3nc(C(=O)O)co3)nn2)cc1C(=O)N1CCC(CCCO)CC1. The number of piperidine rings is 1. The summed E-state index contributed by atoms with van der Waals surface area (Å²) in [7, 11) is 1.53. The molecule has 3 heterocycles. The molecule has 0 aliphatic carbocycles. The molecule has 34 heavy (non-hydrogen) atoms. The Morgan fingerprint density at radius 1 is 1.26 bits per heavy atom. The maximum atomic E-state index is 13.3. The minimum atomic E-state index is -1.17. The van der Waals surface area contributed by atoms with E-state index < -0.39 is 5.97 Å². The van der Waals surface area contributed by atoms with E-state index in [1.807, 2.05) is 4.90 Å². The lowest BCUT2D eigenvalue weighted by Gasteiger charge is -2.32. The maximum Gasteiger partial charge on any atom is 0.357 e. The minimum absolute atomic E-state index is 0.0901. The van der Waals surface area contributed by atoms with E-state index >= 15 is 0 Å². The summed E-state index contributed by atoms with van der Waals surface area (Å²) in [4.78, 5) is 30.0. The van der Waals surface area contributed by atoms with E-state index in [-0.39, 0.29) is 30.6 Å². The lowest BCUT2D eigenvalue weighted by Crippen LogP contribution is -2.38. The molecule has 2 aromatic heterocycles. The number of oxazole rings is 1. The average molecular weight is 469 g/mol. The number of rotatable bonds is 9. The summed E-state index contributed by atoms with van der Waals surface area (Å²) in [6.07, 6.45) is 6.38. The van der Waals surface area contributed by atoms with Crippen LogP contribution in [0.5, 0.6) is 5.75 Å². The molecule has 1 amide bonds. The highest BCUT2D eigenvalue weighted by molar-refractivity contribution is 5.98. The first kappa shape index (κ1) is 23.4. The molecule has 0 saturated carbocycles. The molecule has 0 bridgehead atoms. The van der Waals surface area contributed by atoms with Crippen LogP contribution in [0.2, 0.25) is 0 Å². The van der Waals surface area contributed by atoms with Crippen LogP contribution < -0.4 is 4.74 Å². The third kappa shape index (κ3) is 5.25. The Morgan fingerprint density at radius 3 is 2.74 bits per heavy atom. The van der Waals surface area contributed by atoms with Crippen LogP contribution in [-0.4, -0.2) is 73.8 Å². The Morgan fingerprint density at radius 2 is 2.06 bits per heavy atom. The van der Waals surface area contributed by atoms with Crippen LogP contribution in [0.1, 0.15) is 52.4 Å². The number of aliphatic hydroxyl groups excluding tert-OH is 1.